The molecule has 2 aromatic carbocycles. The summed E-state index contributed by atoms with van der Waals surface area (Å²) in [5.41, 5.74) is 1.33. The third-order valence-electron chi connectivity index (χ3n) is 4.50. The van der Waals surface area contributed by atoms with Gasteiger partial charge in [-0.1, -0.05) is 11.6 Å². The Kier molecular flexibility index (Phi) is 6.03. The highest BCUT2D eigenvalue weighted by Gasteiger charge is 2.36. The van der Waals surface area contributed by atoms with Crippen molar-refractivity contribution in [2.24, 2.45) is 0 Å². The molecule has 0 unspecified atom stereocenters. The third-order valence-corrected chi connectivity index (χ3v) is 6.56. The first-order valence-electron chi connectivity index (χ1n) is 8.66. The second kappa shape index (κ2) is 8.56. The maximum Gasteiger partial charge on any atom is 0.293 e. The van der Waals surface area contributed by atoms with Crippen molar-refractivity contribution in [2.45, 2.75) is 6.54 Å². The van der Waals surface area contributed by atoms with Gasteiger partial charge in [-0.15, -0.1) is 0 Å². The number of benzene rings is 2. The minimum Gasteiger partial charge on any atom is -0.493 e. The van der Waals surface area contributed by atoms with Gasteiger partial charge in [0, 0.05) is 11.1 Å². The van der Waals surface area contributed by atoms with Gasteiger partial charge in [0.25, 0.3) is 11.1 Å². The number of ether oxygens (including phenoxy) is 4. The molecule has 2 aliphatic rings. The Hall–Kier alpha value is -2.11. The van der Waals surface area contributed by atoms with Gasteiger partial charge < -0.3 is 18.9 Å². The molecule has 2 amide bonds. The van der Waals surface area contributed by atoms with Crippen molar-refractivity contribution in [1.82, 2.24) is 4.90 Å². The molecule has 0 aliphatic carbocycles. The molecule has 4 rings (SSSR count). The molecule has 10 heteroatoms. The fourth-order valence-corrected chi connectivity index (χ4v) is 4.96. The maximum absolute atomic E-state index is 12.9. The summed E-state index contributed by atoms with van der Waals surface area (Å²) in [7, 11) is 3.10. The molecule has 156 valence electrons. The number of imide groups is 1. The predicted molar refractivity (Wildman–Crippen MR) is 121 cm³/mol. The number of thioether (sulfide) groups is 1. The summed E-state index contributed by atoms with van der Waals surface area (Å²) in [4.78, 5) is 26.9. The number of nitrogens with zero attached hydrogens (tertiary/aromatic N) is 1. The maximum atomic E-state index is 12.9. The Labute approximate surface area is 195 Å². The number of carbonyl (C=O) groups excluding carboxylic acids is 2. The molecule has 0 N–H and O–H groups in total. The largest absolute Gasteiger partial charge is 0.493 e. The minimum absolute atomic E-state index is 0.0426. The first-order chi connectivity index (χ1) is 14.4. The van der Waals surface area contributed by atoms with Crippen molar-refractivity contribution in [2.75, 3.05) is 21.0 Å². The van der Waals surface area contributed by atoms with Crippen molar-refractivity contribution in [3.63, 3.8) is 0 Å². The average Bonchev–Trinajstić information content (AvgIpc) is 3.26. The van der Waals surface area contributed by atoms with Crippen LogP contribution in [0.5, 0.6) is 23.0 Å². The van der Waals surface area contributed by atoms with Crippen LogP contribution in [-0.4, -0.2) is 37.1 Å². The zero-order valence-corrected chi connectivity index (χ0v) is 19.6. The van der Waals surface area contributed by atoms with Crippen molar-refractivity contribution >= 4 is 63.2 Å². The number of halogens is 2. The molecule has 0 bridgehead atoms. The van der Waals surface area contributed by atoms with Crippen LogP contribution in [-0.2, 0) is 11.3 Å². The fourth-order valence-electron chi connectivity index (χ4n) is 3.06. The highest BCUT2D eigenvalue weighted by Crippen LogP contribution is 2.40. The van der Waals surface area contributed by atoms with Crippen LogP contribution < -0.4 is 18.9 Å². The molecule has 0 aromatic heterocycles. The monoisotopic (exact) mass is 559 g/mol. The van der Waals surface area contributed by atoms with Crippen LogP contribution in [0.25, 0.3) is 6.08 Å². The standard InChI is InChI=1S/C20H15ClINO6S/c1-26-16-4-10(3-13(22)18(16)27-2)5-17-19(24)23(20(25)30-17)8-11-6-14-15(7-12(11)21)29-9-28-14/h3-7H,8-9H2,1-2H3/b17-5-. The lowest BCUT2D eigenvalue weighted by Crippen LogP contribution is -2.27. The highest BCUT2D eigenvalue weighted by atomic mass is 127. The van der Waals surface area contributed by atoms with E-state index in [9.17, 15) is 9.59 Å². The van der Waals surface area contributed by atoms with E-state index in [-0.39, 0.29) is 24.5 Å². The molecule has 30 heavy (non-hydrogen) atoms. The highest BCUT2D eigenvalue weighted by molar-refractivity contribution is 14.1. The first kappa shape index (κ1) is 21.1. The van der Waals surface area contributed by atoms with Gasteiger partial charge in [-0.25, -0.2) is 0 Å². The number of rotatable bonds is 5. The number of amides is 2. The zero-order valence-electron chi connectivity index (χ0n) is 15.9. The average molecular weight is 560 g/mol. The smallest absolute Gasteiger partial charge is 0.293 e. The molecule has 2 heterocycles. The quantitative estimate of drug-likeness (QED) is 0.380. The molecule has 1 saturated heterocycles. The lowest BCUT2D eigenvalue weighted by molar-refractivity contribution is -0.123. The molecule has 0 saturated carbocycles. The number of fused-ring (bicyclic) bond motifs is 1. The van der Waals surface area contributed by atoms with Gasteiger partial charge in [-0.2, -0.15) is 0 Å². The molecule has 2 aliphatic heterocycles. The Morgan fingerprint density at radius 2 is 1.90 bits per heavy atom. The van der Waals surface area contributed by atoms with Gasteiger partial charge in [0.2, 0.25) is 6.79 Å². The van der Waals surface area contributed by atoms with Gasteiger partial charge in [-0.05, 0) is 69.8 Å². The SMILES string of the molecule is COc1cc(/C=C2\SC(=O)N(Cc3cc4c(cc3Cl)OCO4)C2=O)cc(I)c1OC. The zero-order chi connectivity index (χ0) is 21.4. The van der Waals surface area contributed by atoms with Crippen LogP contribution in [0.15, 0.2) is 29.2 Å². The van der Waals surface area contributed by atoms with E-state index in [0.29, 0.717) is 38.5 Å². The second-order valence-corrected chi connectivity index (χ2v) is 8.87. The van der Waals surface area contributed by atoms with E-state index in [1.807, 2.05) is 6.07 Å². The molecule has 0 radical (unpaired) electrons. The lowest BCUT2D eigenvalue weighted by Gasteiger charge is -2.14. The molecular formula is C20H15ClINO6S. The summed E-state index contributed by atoms with van der Waals surface area (Å²) in [5.74, 6) is 1.85. The van der Waals surface area contributed by atoms with Gasteiger partial charge in [0.1, 0.15) is 0 Å². The third kappa shape index (κ3) is 3.93. The predicted octanol–water partition coefficient (Wildman–Crippen LogP) is 4.93. The molecule has 0 spiro atoms. The summed E-state index contributed by atoms with van der Waals surface area (Å²) in [6, 6.07) is 6.92. The van der Waals surface area contributed by atoms with Crippen LogP contribution in [0, 0.1) is 3.57 Å². The number of methoxy groups -OCH3 is 2. The van der Waals surface area contributed by atoms with Crippen LogP contribution in [0.1, 0.15) is 11.1 Å². The fraction of sp³-hybridized carbons (Fsp3) is 0.200. The van der Waals surface area contributed by atoms with Gasteiger partial charge in [0.15, 0.2) is 23.0 Å². The van der Waals surface area contributed by atoms with E-state index >= 15 is 0 Å². The van der Waals surface area contributed by atoms with Crippen LogP contribution in [0.2, 0.25) is 5.02 Å². The van der Waals surface area contributed by atoms with Crippen molar-refractivity contribution < 1.29 is 28.5 Å². The molecular weight excluding hydrogens is 545 g/mol. The molecule has 2 aromatic rings. The van der Waals surface area contributed by atoms with Crippen LogP contribution in [0.3, 0.4) is 0 Å². The van der Waals surface area contributed by atoms with E-state index in [2.05, 4.69) is 22.6 Å². The molecule has 7 nitrogen and oxygen atoms in total. The summed E-state index contributed by atoms with van der Waals surface area (Å²) in [6.07, 6.45) is 1.66. The Balaban J connectivity index is 1.60. The first-order valence-corrected chi connectivity index (χ1v) is 10.9. The van der Waals surface area contributed by atoms with Gasteiger partial charge in [0.05, 0.1) is 29.2 Å². The van der Waals surface area contributed by atoms with E-state index < -0.39 is 0 Å². The Bertz CT molecular complexity index is 1090. The van der Waals surface area contributed by atoms with E-state index in [1.165, 1.54) is 0 Å². The Morgan fingerprint density at radius 3 is 2.60 bits per heavy atom. The molecule has 1 fully saturated rings. The van der Waals surface area contributed by atoms with E-state index in [0.717, 1.165) is 25.8 Å². The van der Waals surface area contributed by atoms with Crippen molar-refractivity contribution in [3.8, 4) is 23.0 Å². The number of hydrogen-bond acceptors (Lipinski definition) is 7. The Morgan fingerprint density at radius 1 is 1.17 bits per heavy atom. The summed E-state index contributed by atoms with van der Waals surface area (Å²) in [6.45, 7) is 0.157. The molecule has 0 atom stereocenters. The van der Waals surface area contributed by atoms with Crippen LogP contribution in [0.4, 0.5) is 4.79 Å². The van der Waals surface area contributed by atoms with E-state index in [4.69, 9.17) is 30.5 Å². The lowest BCUT2D eigenvalue weighted by atomic mass is 10.1. The van der Waals surface area contributed by atoms with E-state index in [1.54, 1.807) is 38.5 Å². The minimum atomic E-state index is -0.386. The van der Waals surface area contributed by atoms with Crippen molar-refractivity contribution in [3.05, 3.63) is 48.9 Å². The summed E-state index contributed by atoms with van der Waals surface area (Å²) < 4.78 is 22.2. The normalized spacial score (nSPS) is 16.5. The summed E-state index contributed by atoms with van der Waals surface area (Å²) in [5, 5.41) is 0.0341. The van der Waals surface area contributed by atoms with Crippen molar-refractivity contribution in [1.29, 1.82) is 0 Å². The number of carbonyl (C=O) groups is 2. The summed E-state index contributed by atoms with van der Waals surface area (Å²) >= 11 is 9.30. The van der Waals surface area contributed by atoms with Gasteiger partial charge in [-0.3, -0.25) is 14.5 Å². The number of hydrogen-bond donors (Lipinski definition) is 0. The van der Waals surface area contributed by atoms with Crippen LogP contribution >= 0.6 is 46.0 Å². The second-order valence-electron chi connectivity index (χ2n) is 6.30. The topological polar surface area (TPSA) is 74.3 Å². The van der Waals surface area contributed by atoms with Gasteiger partial charge >= 0.3 is 0 Å².